The van der Waals surface area contributed by atoms with E-state index in [2.05, 4.69) is 39.0 Å². The molecule has 106 valence electrons. The normalized spacial score (nSPS) is 12.3. The van der Waals surface area contributed by atoms with E-state index in [4.69, 9.17) is 4.74 Å². The second-order valence-electron chi connectivity index (χ2n) is 4.82. The molecular formula is C18H22O2. The molecule has 0 aliphatic rings. The van der Waals surface area contributed by atoms with E-state index in [1.807, 2.05) is 13.0 Å². The zero-order valence-corrected chi connectivity index (χ0v) is 12.9. The fourth-order valence-corrected chi connectivity index (χ4v) is 2.06. The van der Waals surface area contributed by atoms with Gasteiger partial charge < -0.3 is 4.74 Å². The summed E-state index contributed by atoms with van der Waals surface area (Å²) in [5.74, 6) is 0.929. The molecule has 0 aromatic heterocycles. The number of hydrogen-bond donors (Lipinski definition) is 0. The van der Waals surface area contributed by atoms with E-state index < -0.39 is 0 Å². The number of methoxy groups -OCH3 is 1. The highest BCUT2D eigenvalue weighted by Crippen LogP contribution is 2.28. The molecule has 0 amide bonds. The Morgan fingerprint density at radius 2 is 1.85 bits per heavy atom. The standard InChI is InChI=1S/C18H22O2/c1-13(8-6-7-11-19)9-10-17-14(2)12-18(20-5)16(4)15(17)3/h6-12H,1-5H3. The van der Waals surface area contributed by atoms with Crippen LogP contribution in [0.25, 0.3) is 6.08 Å². The van der Waals surface area contributed by atoms with E-state index in [1.165, 1.54) is 28.3 Å². The van der Waals surface area contributed by atoms with Crippen LogP contribution in [-0.2, 0) is 4.79 Å². The first-order valence-corrected chi connectivity index (χ1v) is 6.62. The smallest absolute Gasteiger partial charge is 0.142 e. The van der Waals surface area contributed by atoms with Gasteiger partial charge in [-0.2, -0.15) is 0 Å². The average Bonchev–Trinajstić information content (AvgIpc) is 2.43. The maximum Gasteiger partial charge on any atom is 0.142 e. The summed E-state index contributed by atoms with van der Waals surface area (Å²) in [5.41, 5.74) is 5.90. The maximum atomic E-state index is 10.2. The van der Waals surface area contributed by atoms with E-state index in [0.717, 1.165) is 17.6 Å². The molecule has 0 aliphatic heterocycles. The Morgan fingerprint density at radius 1 is 1.15 bits per heavy atom. The number of aryl methyl sites for hydroxylation is 1. The van der Waals surface area contributed by atoms with Gasteiger partial charge in [-0.15, -0.1) is 0 Å². The molecule has 1 aromatic carbocycles. The highest BCUT2D eigenvalue weighted by atomic mass is 16.5. The van der Waals surface area contributed by atoms with Crippen LogP contribution in [0.3, 0.4) is 0 Å². The van der Waals surface area contributed by atoms with E-state index >= 15 is 0 Å². The van der Waals surface area contributed by atoms with Crippen molar-refractivity contribution in [3.05, 3.63) is 58.2 Å². The van der Waals surface area contributed by atoms with Gasteiger partial charge in [0.2, 0.25) is 0 Å². The van der Waals surface area contributed by atoms with Crippen LogP contribution in [0.2, 0.25) is 0 Å². The van der Waals surface area contributed by atoms with Gasteiger partial charge in [0, 0.05) is 0 Å². The third-order valence-electron chi connectivity index (χ3n) is 3.39. The van der Waals surface area contributed by atoms with Crippen molar-refractivity contribution in [3.63, 3.8) is 0 Å². The maximum absolute atomic E-state index is 10.2. The molecule has 20 heavy (non-hydrogen) atoms. The average molecular weight is 270 g/mol. The Hall–Kier alpha value is -2.09. The predicted octanol–water partition coefficient (Wildman–Crippen LogP) is 4.34. The lowest BCUT2D eigenvalue weighted by Crippen LogP contribution is -1.95. The molecule has 0 atom stereocenters. The molecule has 1 aromatic rings. The Labute approximate surface area is 121 Å². The Bertz CT molecular complexity index is 576. The SMILES string of the molecule is COc1cc(C)c(C=CC(C)=CC=CC=O)c(C)c1C. The Kier molecular flexibility index (Phi) is 5.98. The minimum atomic E-state index is 0.772. The van der Waals surface area contributed by atoms with Gasteiger partial charge >= 0.3 is 0 Å². The molecule has 2 nitrogen and oxygen atoms in total. The van der Waals surface area contributed by atoms with Crippen LogP contribution in [0.5, 0.6) is 5.75 Å². The quantitative estimate of drug-likeness (QED) is 0.452. The Morgan fingerprint density at radius 3 is 2.45 bits per heavy atom. The van der Waals surface area contributed by atoms with E-state index in [9.17, 15) is 4.79 Å². The summed E-state index contributed by atoms with van der Waals surface area (Å²) in [5, 5.41) is 0. The first kappa shape index (κ1) is 16.0. The number of benzene rings is 1. The first-order valence-electron chi connectivity index (χ1n) is 6.62. The van der Waals surface area contributed by atoms with Crippen molar-refractivity contribution >= 4 is 12.4 Å². The molecule has 0 heterocycles. The second-order valence-corrected chi connectivity index (χ2v) is 4.82. The van der Waals surface area contributed by atoms with Gasteiger partial charge in [0.25, 0.3) is 0 Å². The van der Waals surface area contributed by atoms with Crippen molar-refractivity contribution in [1.29, 1.82) is 0 Å². The molecule has 0 saturated heterocycles. The predicted molar refractivity (Wildman–Crippen MR) is 85.2 cm³/mol. The molecule has 0 unspecified atom stereocenters. The number of hydrogen-bond acceptors (Lipinski definition) is 2. The van der Waals surface area contributed by atoms with E-state index in [1.54, 1.807) is 13.2 Å². The second kappa shape index (κ2) is 7.49. The summed E-state index contributed by atoms with van der Waals surface area (Å²) in [6.45, 7) is 8.27. The van der Waals surface area contributed by atoms with Crippen LogP contribution in [0, 0.1) is 20.8 Å². The third kappa shape index (κ3) is 3.95. The lowest BCUT2D eigenvalue weighted by molar-refractivity contribution is -0.104. The van der Waals surface area contributed by atoms with Crippen LogP contribution in [0.1, 0.15) is 29.2 Å². The first-order chi connectivity index (χ1) is 9.51. The summed E-state index contributed by atoms with van der Waals surface area (Å²) >= 11 is 0. The van der Waals surface area contributed by atoms with Crippen molar-refractivity contribution in [2.45, 2.75) is 27.7 Å². The molecule has 0 saturated carbocycles. The summed E-state index contributed by atoms with van der Waals surface area (Å²) in [4.78, 5) is 10.2. The van der Waals surface area contributed by atoms with E-state index in [0.29, 0.717) is 0 Å². The molecule has 0 aliphatic carbocycles. The van der Waals surface area contributed by atoms with Gasteiger partial charge in [-0.3, -0.25) is 4.79 Å². The largest absolute Gasteiger partial charge is 0.496 e. The minimum Gasteiger partial charge on any atom is -0.496 e. The van der Waals surface area contributed by atoms with Crippen molar-refractivity contribution in [1.82, 2.24) is 0 Å². The summed E-state index contributed by atoms with van der Waals surface area (Å²) in [6.07, 6.45) is 10.1. The molecule has 1 rings (SSSR count). The highest BCUT2D eigenvalue weighted by molar-refractivity contribution is 5.66. The lowest BCUT2D eigenvalue weighted by atomic mass is 9.96. The van der Waals surface area contributed by atoms with Gasteiger partial charge in [-0.25, -0.2) is 0 Å². The number of carbonyl (C=O) groups excluding carboxylic acids is 1. The van der Waals surface area contributed by atoms with Gasteiger partial charge in [-0.1, -0.05) is 29.9 Å². The minimum absolute atomic E-state index is 0.772. The monoisotopic (exact) mass is 270 g/mol. The summed E-state index contributed by atoms with van der Waals surface area (Å²) in [6, 6.07) is 2.06. The third-order valence-corrected chi connectivity index (χ3v) is 3.39. The van der Waals surface area contributed by atoms with Crippen molar-refractivity contribution in [2.24, 2.45) is 0 Å². The Balaban J connectivity index is 3.10. The zero-order chi connectivity index (χ0) is 15.1. The van der Waals surface area contributed by atoms with Crippen molar-refractivity contribution < 1.29 is 9.53 Å². The van der Waals surface area contributed by atoms with Crippen LogP contribution < -0.4 is 4.74 Å². The molecule has 0 bridgehead atoms. The van der Waals surface area contributed by atoms with Crippen LogP contribution in [0.4, 0.5) is 0 Å². The summed E-state index contributed by atoms with van der Waals surface area (Å²) in [7, 11) is 1.70. The van der Waals surface area contributed by atoms with Crippen LogP contribution in [-0.4, -0.2) is 13.4 Å². The summed E-state index contributed by atoms with van der Waals surface area (Å²) < 4.78 is 5.38. The fourth-order valence-electron chi connectivity index (χ4n) is 2.06. The van der Waals surface area contributed by atoms with Crippen LogP contribution >= 0.6 is 0 Å². The lowest BCUT2D eigenvalue weighted by Gasteiger charge is -2.13. The number of rotatable bonds is 5. The van der Waals surface area contributed by atoms with Crippen molar-refractivity contribution in [3.8, 4) is 5.75 Å². The van der Waals surface area contributed by atoms with Gasteiger partial charge in [0.05, 0.1) is 7.11 Å². The molecule has 2 heteroatoms. The number of ether oxygens (including phenoxy) is 1. The molecule has 0 spiro atoms. The number of allylic oxidation sites excluding steroid dienone is 5. The van der Waals surface area contributed by atoms with Crippen LogP contribution in [0.15, 0.2) is 35.9 Å². The van der Waals surface area contributed by atoms with Gasteiger partial charge in [0.1, 0.15) is 12.0 Å². The number of carbonyl (C=O) groups is 1. The molecular weight excluding hydrogens is 248 g/mol. The topological polar surface area (TPSA) is 26.3 Å². The fraction of sp³-hybridized carbons (Fsp3) is 0.278. The molecule has 0 N–H and O–H groups in total. The molecule has 0 radical (unpaired) electrons. The molecule has 0 fully saturated rings. The van der Waals surface area contributed by atoms with Gasteiger partial charge in [-0.05, 0) is 62.1 Å². The van der Waals surface area contributed by atoms with Gasteiger partial charge in [0.15, 0.2) is 0 Å². The van der Waals surface area contributed by atoms with Crippen molar-refractivity contribution in [2.75, 3.05) is 7.11 Å². The van der Waals surface area contributed by atoms with E-state index in [-0.39, 0.29) is 0 Å². The highest BCUT2D eigenvalue weighted by Gasteiger charge is 2.08. The zero-order valence-electron chi connectivity index (χ0n) is 12.9. The number of aldehydes is 1.